The molecule has 6 heteroatoms. The van der Waals surface area contributed by atoms with Crippen LogP contribution in [0, 0.1) is 10.8 Å². The topological polar surface area (TPSA) is 64.3 Å². The Morgan fingerprint density at radius 3 is 2.41 bits per heavy atom. The van der Waals surface area contributed by atoms with Gasteiger partial charge in [0.1, 0.15) is 5.75 Å². The Morgan fingerprint density at radius 1 is 1.15 bits per heavy atom. The number of thiol groups is 1. The minimum absolute atomic E-state index is 0.0269. The maximum Gasteiger partial charge on any atom is 0.276 e. The molecule has 3 unspecified atom stereocenters. The highest BCUT2D eigenvalue weighted by Crippen LogP contribution is 2.48. The third kappa shape index (κ3) is 8.53. The molecule has 0 saturated heterocycles. The zero-order valence-electron chi connectivity index (χ0n) is 21.9. The third-order valence-corrected chi connectivity index (χ3v) is 7.71. The number of aryl methyl sites for hydroxylation is 1. The molecule has 1 aliphatic rings. The lowest BCUT2D eigenvalue weighted by Crippen LogP contribution is -2.55. The highest BCUT2D eigenvalue weighted by atomic mass is 32.1. The van der Waals surface area contributed by atoms with Crippen molar-refractivity contribution in [1.82, 2.24) is 5.32 Å². The van der Waals surface area contributed by atoms with Crippen molar-refractivity contribution in [2.45, 2.75) is 117 Å². The van der Waals surface area contributed by atoms with Crippen LogP contribution in [-0.4, -0.2) is 22.4 Å². The maximum absolute atomic E-state index is 11.6. The van der Waals surface area contributed by atoms with Crippen molar-refractivity contribution in [3.8, 4) is 5.75 Å². The number of ether oxygens (including phenoxy) is 1. The van der Waals surface area contributed by atoms with E-state index in [0.29, 0.717) is 5.05 Å². The number of amides is 1. The van der Waals surface area contributed by atoms with Gasteiger partial charge in [-0.15, -0.1) is 0 Å². The predicted octanol–water partition coefficient (Wildman–Crippen LogP) is 7.41. The minimum Gasteiger partial charge on any atom is -0.448 e. The Labute approximate surface area is 218 Å². The first-order chi connectivity index (χ1) is 16.0. The molecule has 1 saturated carbocycles. The van der Waals surface area contributed by atoms with Crippen LogP contribution in [0.1, 0.15) is 104 Å². The van der Waals surface area contributed by atoms with Crippen molar-refractivity contribution in [1.29, 1.82) is 0 Å². The van der Waals surface area contributed by atoms with Crippen LogP contribution in [-0.2, 0) is 12.8 Å². The van der Waals surface area contributed by atoms with Gasteiger partial charge >= 0.3 is 0 Å². The number of carbonyl (C=O) groups is 1. The summed E-state index contributed by atoms with van der Waals surface area (Å²) < 4.78 is 6.39. The highest BCUT2D eigenvalue weighted by Gasteiger charge is 2.46. The van der Waals surface area contributed by atoms with Crippen LogP contribution in [0.15, 0.2) is 18.2 Å². The summed E-state index contributed by atoms with van der Waals surface area (Å²) in [6, 6.07) is 5.98. The van der Waals surface area contributed by atoms with E-state index in [-0.39, 0.29) is 22.1 Å². The first-order valence-electron chi connectivity index (χ1n) is 13.1. The Kier molecular flexibility index (Phi) is 11.4. The quantitative estimate of drug-likeness (QED) is 0.157. The van der Waals surface area contributed by atoms with E-state index < -0.39 is 6.04 Å². The minimum atomic E-state index is -0.409. The van der Waals surface area contributed by atoms with Crippen molar-refractivity contribution < 1.29 is 9.53 Å². The van der Waals surface area contributed by atoms with Gasteiger partial charge in [0.05, 0.1) is 6.04 Å². The SMILES string of the molecule is CCCCCc1cccc(OC(=S)C(N)C2(C)CC(NC(=O)S)CC(C)(C)C2)c1CCCCC. The monoisotopic (exact) mass is 506 g/mol. The van der Waals surface area contributed by atoms with Gasteiger partial charge in [0.25, 0.3) is 5.24 Å². The Hall–Kier alpha value is -1.11. The Bertz CT molecular complexity index is 827. The van der Waals surface area contributed by atoms with Crippen LogP contribution in [0.4, 0.5) is 4.79 Å². The van der Waals surface area contributed by atoms with Crippen LogP contribution >= 0.6 is 24.8 Å². The molecule has 34 heavy (non-hydrogen) atoms. The van der Waals surface area contributed by atoms with Gasteiger partial charge in [-0.2, -0.15) is 0 Å². The van der Waals surface area contributed by atoms with Gasteiger partial charge in [-0.3, -0.25) is 4.79 Å². The molecular weight excluding hydrogens is 460 g/mol. The first-order valence-corrected chi connectivity index (χ1v) is 13.9. The summed E-state index contributed by atoms with van der Waals surface area (Å²) in [6.45, 7) is 11.1. The van der Waals surface area contributed by atoms with Crippen molar-refractivity contribution >= 4 is 35.1 Å². The number of nitrogens with one attached hydrogen (secondary N) is 1. The van der Waals surface area contributed by atoms with Gasteiger partial charge in [-0.1, -0.05) is 85.1 Å². The lowest BCUT2D eigenvalue weighted by Gasteiger charge is -2.49. The lowest BCUT2D eigenvalue weighted by molar-refractivity contribution is 0.0672. The standard InChI is InChI=1S/C28H46N2O2S2/c1-6-8-10-13-20-14-12-16-23(22(20)15-11-9-7-2)32-25(33)24(29)28(5)18-21(30-26(31)34)17-27(3,4)19-28/h12,14,16,21,24H,6-11,13,15,17-19,29H2,1-5H3,(H2,30,31,34). The van der Waals surface area contributed by atoms with Crippen molar-refractivity contribution in [3.05, 3.63) is 29.3 Å². The molecule has 1 amide bonds. The summed E-state index contributed by atoms with van der Waals surface area (Å²) in [5, 5.41) is 3.14. The Balaban J connectivity index is 2.23. The van der Waals surface area contributed by atoms with E-state index in [1.165, 1.54) is 43.2 Å². The number of hydrogen-bond acceptors (Lipinski definition) is 4. The van der Waals surface area contributed by atoms with Gasteiger partial charge in [0.2, 0.25) is 0 Å². The summed E-state index contributed by atoms with van der Waals surface area (Å²) in [6.07, 6.45) is 11.8. The van der Waals surface area contributed by atoms with E-state index in [0.717, 1.165) is 44.3 Å². The normalized spacial score (nSPS) is 22.7. The average Bonchev–Trinajstić information content (AvgIpc) is 2.73. The molecule has 1 aromatic rings. The second kappa shape index (κ2) is 13.3. The van der Waals surface area contributed by atoms with Crippen molar-refractivity contribution in [2.75, 3.05) is 0 Å². The number of thiocarbonyl (C=S) groups is 1. The second-order valence-electron chi connectivity index (χ2n) is 11.3. The van der Waals surface area contributed by atoms with Crippen molar-refractivity contribution in [2.24, 2.45) is 16.6 Å². The van der Waals surface area contributed by atoms with Crippen LogP contribution < -0.4 is 15.8 Å². The molecule has 2 rings (SSSR count). The molecule has 0 aromatic heterocycles. The predicted molar refractivity (Wildman–Crippen MR) is 151 cm³/mol. The molecule has 0 aliphatic heterocycles. The molecule has 0 bridgehead atoms. The molecular formula is C28H46N2O2S2. The average molecular weight is 507 g/mol. The molecule has 4 nitrogen and oxygen atoms in total. The van der Waals surface area contributed by atoms with E-state index in [9.17, 15) is 4.79 Å². The molecule has 0 heterocycles. The van der Waals surface area contributed by atoms with E-state index in [2.05, 4.69) is 64.7 Å². The van der Waals surface area contributed by atoms with E-state index in [1.807, 2.05) is 6.07 Å². The van der Waals surface area contributed by atoms with Crippen LogP contribution in [0.2, 0.25) is 0 Å². The van der Waals surface area contributed by atoms with Crippen molar-refractivity contribution in [3.63, 3.8) is 0 Å². The zero-order chi connectivity index (χ0) is 25.4. The largest absolute Gasteiger partial charge is 0.448 e. The smallest absolute Gasteiger partial charge is 0.276 e. The number of benzene rings is 1. The summed E-state index contributed by atoms with van der Waals surface area (Å²) in [7, 11) is 0. The highest BCUT2D eigenvalue weighted by molar-refractivity contribution is 7.96. The number of rotatable bonds is 12. The number of unbranched alkanes of at least 4 members (excludes halogenated alkanes) is 4. The number of nitrogens with two attached hydrogens (primary N) is 1. The van der Waals surface area contributed by atoms with Gasteiger partial charge < -0.3 is 15.8 Å². The summed E-state index contributed by atoms with van der Waals surface area (Å²) in [5.74, 6) is 0.865. The van der Waals surface area contributed by atoms with Crippen LogP contribution in [0.3, 0.4) is 0 Å². The molecule has 0 spiro atoms. The maximum atomic E-state index is 11.6. The fourth-order valence-electron chi connectivity index (χ4n) is 5.85. The first kappa shape index (κ1) is 29.1. The van der Waals surface area contributed by atoms with Gasteiger partial charge in [0, 0.05) is 6.04 Å². The van der Waals surface area contributed by atoms with Crippen LogP contribution in [0.5, 0.6) is 5.75 Å². The molecule has 1 aromatic carbocycles. The molecule has 1 aliphatic carbocycles. The van der Waals surface area contributed by atoms with E-state index in [4.69, 9.17) is 22.7 Å². The van der Waals surface area contributed by atoms with Gasteiger partial charge in [-0.05, 0) is 85.2 Å². The van der Waals surface area contributed by atoms with Gasteiger partial charge in [0.15, 0.2) is 5.05 Å². The molecule has 3 N–H and O–H groups in total. The zero-order valence-corrected chi connectivity index (χ0v) is 23.6. The second-order valence-corrected chi connectivity index (χ2v) is 12.1. The fraction of sp³-hybridized carbons (Fsp3) is 0.714. The number of hydrogen-bond donors (Lipinski definition) is 3. The summed E-state index contributed by atoms with van der Waals surface area (Å²) >= 11 is 9.74. The Morgan fingerprint density at radius 2 is 1.79 bits per heavy atom. The summed E-state index contributed by atoms with van der Waals surface area (Å²) in [4.78, 5) is 11.6. The third-order valence-electron chi connectivity index (χ3n) is 7.25. The molecule has 1 fully saturated rings. The number of carbonyl (C=O) groups excluding carboxylic acids is 1. The molecule has 0 radical (unpaired) electrons. The molecule has 192 valence electrons. The van der Waals surface area contributed by atoms with Crippen LogP contribution in [0.25, 0.3) is 0 Å². The van der Waals surface area contributed by atoms with E-state index in [1.54, 1.807) is 0 Å². The molecule has 3 atom stereocenters. The van der Waals surface area contributed by atoms with E-state index >= 15 is 0 Å². The lowest BCUT2D eigenvalue weighted by atomic mass is 9.60. The fourth-order valence-corrected chi connectivity index (χ4v) is 6.41. The van der Waals surface area contributed by atoms with Gasteiger partial charge in [-0.25, -0.2) is 0 Å². The summed E-state index contributed by atoms with van der Waals surface area (Å²) in [5.41, 5.74) is 9.22.